The van der Waals surface area contributed by atoms with Crippen molar-refractivity contribution in [2.24, 2.45) is 11.7 Å². The maximum absolute atomic E-state index is 12.1. The Hall–Kier alpha value is -1.75. The number of benzene rings is 1. The van der Waals surface area contributed by atoms with Gasteiger partial charge < -0.3 is 20.5 Å². The number of hydrogen-bond donors (Lipinski definition) is 2. The Morgan fingerprint density at radius 2 is 2.00 bits per heavy atom. The van der Waals surface area contributed by atoms with Crippen molar-refractivity contribution >= 4 is 11.6 Å². The summed E-state index contributed by atoms with van der Waals surface area (Å²) in [6.07, 6.45) is 2.80. The minimum atomic E-state index is -0.0897. The maximum Gasteiger partial charge on any atom is 0.229 e. The van der Waals surface area contributed by atoms with Crippen LogP contribution in [0.3, 0.4) is 0 Å². The topological polar surface area (TPSA) is 73.6 Å². The average Bonchev–Trinajstić information content (AvgIpc) is 2.85. The van der Waals surface area contributed by atoms with Crippen molar-refractivity contribution in [1.82, 2.24) is 0 Å². The van der Waals surface area contributed by atoms with Gasteiger partial charge in [-0.15, -0.1) is 0 Å². The molecule has 1 aliphatic carbocycles. The lowest BCUT2D eigenvalue weighted by Gasteiger charge is -2.16. The summed E-state index contributed by atoms with van der Waals surface area (Å²) >= 11 is 0. The fourth-order valence-corrected chi connectivity index (χ4v) is 2.46. The molecule has 2 atom stereocenters. The van der Waals surface area contributed by atoms with Crippen LogP contribution in [0.2, 0.25) is 0 Å². The third-order valence-electron chi connectivity index (χ3n) is 3.56. The molecule has 0 bridgehead atoms. The van der Waals surface area contributed by atoms with Crippen LogP contribution in [-0.4, -0.2) is 26.2 Å². The summed E-state index contributed by atoms with van der Waals surface area (Å²) in [6, 6.07) is 5.28. The predicted octanol–water partition coefficient (Wildman–Crippen LogP) is 1.77. The van der Waals surface area contributed by atoms with E-state index in [-0.39, 0.29) is 17.9 Å². The number of hydrogen-bond acceptors (Lipinski definition) is 4. The Labute approximate surface area is 113 Å². The number of nitrogens with one attached hydrogen (secondary N) is 1. The molecule has 0 radical (unpaired) electrons. The third kappa shape index (κ3) is 2.98. The molecule has 0 heterocycles. The first-order valence-corrected chi connectivity index (χ1v) is 6.44. The number of anilines is 1. The van der Waals surface area contributed by atoms with Crippen LogP contribution in [0.1, 0.15) is 19.3 Å². The maximum atomic E-state index is 12.1. The molecule has 0 saturated heterocycles. The molecule has 104 valence electrons. The normalized spacial score (nSPS) is 22.1. The van der Waals surface area contributed by atoms with Crippen LogP contribution in [-0.2, 0) is 4.79 Å². The molecule has 1 aromatic rings. The van der Waals surface area contributed by atoms with Gasteiger partial charge in [-0.3, -0.25) is 4.79 Å². The van der Waals surface area contributed by atoms with E-state index in [4.69, 9.17) is 15.2 Å². The van der Waals surface area contributed by atoms with Gasteiger partial charge in [0.1, 0.15) is 0 Å². The molecule has 19 heavy (non-hydrogen) atoms. The zero-order valence-electron chi connectivity index (χ0n) is 11.3. The van der Waals surface area contributed by atoms with Gasteiger partial charge in [0.25, 0.3) is 0 Å². The van der Waals surface area contributed by atoms with Gasteiger partial charge in [0, 0.05) is 17.8 Å². The second-order valence-electron chi connectivity index (χ2n) is 4.76. The van der Waals surface area contributed by atoms with Crippen molar-refractivity contribution < 1.29 is 14.3 Å². The molecule has 1 aromatic carbocycles. The summed E-state index contributed by atoms with van der Waals surface area (Å²) in [5.41, 5.74) is 6.63. The van der Waals surface area contributed by atoms with Crippen LogP contribution >= 0.6 is 0 Å². The lowest BCUT2D eigenvalue weighted by Crippen LogP contribution is -2.34. The summed E-state index contributed by atoms with van der Waals surface area (Å²) in [4.78, 5) is 12.1. The fraction of sp³-hybridized carbons (Fsp3) is 0.500. The molecule has 0 spiro atoms. The summed E-state index contributed by atoms with van der Waals surface area (Å²) < 4.78 is 10.4. The zero-order valence-corrected chi connectivity index (χ0v) is 11.3. The van der Waals surface area contributed by atoms with E-state index in [0.717, 1.165) is 19.3 Å². The first-order valence-electron chi connectivity index (χ1n) is 6.44. The SMILES string of the molecule is COc1ccc(NC(=O)C2CCCC2N)cc1OC. The van der Waals surface area contributed by atoms with E-state index in [0.29, 0.717) is 17.2 Å². The van der Waals surface area contributed by atoms with Gasteiger partial charge in [0.2, 0.25) is 5.91 Å². The van der Waals surface area contributed by atoms with Gasteiger partial charge in [0.15, 0.2) is 11.5 Å². The van der Waals surface area contributed by atoms with Gasteiger partial charge in [0.05, 0.1) is 20.1 Å². The molecular weight excluding hydrogens is 244 g/mol. The van der Waals surface area contributed by atoms with Crippen LogP contribution in [0.25, 0.3) is 0 Å². The van der Waals surface area contributed by atoms with Crippen LogP contribution in [0.15, 0.2) is 18.2 Å². The smallest absolute Gasteiger partial charge is 0.229 e. The Balaban J connectivity index is 2.08. The van der Waals surface area contributed by atoms with Crippen molar-refractivity contribution in [3.8, 4) is 11.5 Å². The van der Waals surface area contributed by atoms with E-state index in [2.05, 4.69) is 5.32 Å². The zero-order chi connectivity index (χ0) is 13.8. The van der Waals surface area contributed by atoms with Gasteiger partial charge in [-0.05, 0) is 25.0 Å². The molecular formula is C14H20N2O3. The van der Waals surface area contributed by atoms with E-state index >= 15 is 0 Å². The summed E-state index contributed by atoms with van der Waals surface area (Å²) in [5, 5.41) is 2.89. The number of ether oxygens (including phenoxy) is 2. The van der Waals surface area contributed by atoms with E-state index in [1.807, 2.05) is 0 Å². The fourth-order valence-electron chi connectivity index (χ4n) is 2.46. The molecule has 2 rings (SSSR count). The monoisotopic (exact) mass is 264 g/mol. The Kier molecular flexibility index (Phi) is 4.27. The number of carbonyl (C=O) groups is 1. The highest BCUT2D eigenvalue weighted by Gasteiger charge is 2.30. The Morgan fingerprint density at radius 3 is 2.58 bits per heavy atom. The molecule has 1 fully saturated rings. The Bertz CT molecular complexity index is 462. The van der Waals surface area contributed by atoms with Gasteiger partial charge in [-0.25, -0.2) is 0 Å². The van der Waals surface area contributed by atoms with E-state index in [1.165, 1.54) is 0 Å². The molecule has 0 aliphatic heterocycles. The minimum Gasteiger partial charge on any atom is -0.493 e. The second kappa shape index (κ2) is 5.93. The number of methoxy groups -OCH3 is 2. The van der Waals surface area contributed by atoms with Crippen LogP contribution in [0, 0.1) is 5.92 Å². The van der Waals surface area contributed by atoms with Crippen molar-refractivity contribution in [3.05, 3.63) is 18.2 Å². The molecule has 1 aliphatic rings. The minimum absolute atomic E-state index is 0.0165. The summed E-state index contributed by atoms with van der Waals surface area (Å²) in [5.74, 6) is 1.12. The van der Waals surface area contributed by atoms with Crippen molar-refractivity contribution in [2.75, 3.05) is 19.5 Å². The number of rotatable bonds is 4. The molecule has 5 heteroatoms. The molecule has 2 unspecified atom stereocenters. The van der Waals surface area contributed by atoms with E-state index in [1.54, 1.807) is 32.4 Å². The van der Waals surface area contributed by atoms with Crippen LogP contribution < -0.4 is 20.5 Å². The van der Waals surface area contributed by atoms with Gasteiger partial charge >= 0.3 is 0 Å². The van der Waals surface area contributed by atoms with Crippen LogP contribution in [0.5, 0.6) is 11.5 Å². The first kappa shape index (κ1) is 13.7. The molecule has 1 saturated carbocycles. The van der Waals surface area contributed by atoms with Crippen LogP contribution in [0.4, 0.5) is 5.69 Å². The summed E-state index contributed by atoms with van der Waals surface area (Å²) in [6.45, 7) is 0. The highest BCUT2D eigenvalue weighted by molar-refractivity contribution is 5.93. The highest BCUT2D eigenvalue weighted by Crippen LogP contribution is 2.31. The standard InChI is InChI=1S/C14H20N2O3/c1-18-12-7-6-9(8-13(12)19-2)16-14(17)10-4-3-5-11(10)15/h6-8,10-11H,3-5,15H2,1-2H3,(H,16,17). The van der Waals surface area contributed by atoms with Crippen molar-refractivity contribution in [1.29, 1.82) is 0 Å². The van der Waals surface area contributed by atoms with Gasteiger partial charge in [-0.1, -0.05) is 6.42 Å². The highest BCUT2D eigenvalue weighted by atomic mass is 16.5. The van der Waals surface area contributed by atoms with Gasteiger partial charge in [-0.2, -0.15) is 0 Å². The lowest BCUT2D eigenvalue weighted by molar-refractivity contribution is -0.120. The Morgan fingerprint density at radius 1 is 1.26 bits per heavy atom. The van der Waals surface area contributed by atoms with E-state index < -0.39 is 0 Å². The van der Waals surface area contributed by atoms with Crippen molar-refractivity contribution in [3.63, 3.8) is 0 Å². The number of nitrogens with two attached hydrogens (primary N) is 1. The predicted molar refractivity (Wildman–Crippen MR) is 73.5 cm³/mol. The lowest BCUT2D eigenvalue weighted by atomic mass is 10.0. The quantitative estimate of drug-likeness (QED) is 0.869. The number of amides is 1. The first-order chi connectivity index (χ1) is 9.15. The third-order valence-corrected chi connectivity index (χ3v) is 3.56. The molecule has 3 N–H and O–H groups in total. The van der Waals surface area contributed by atoms with E-state index in [9.17, 15) is 4.79 Å². The average molecular weight is 264 g/mol. The largest absolute Gasteiger partial charge is 0.493 e. The summed E-state index contributed by atoms with van der Waals surface area (Å²) in [7, 11) is 3.14. The second-order valence-corrected chi connectivity index (χ2v) is 4.76. The molecule has 1 amide bonds. The molecule has 5 nitrogen and oxygen atoms in total. The molecule has 0 aromatic heterocycles. The van der Waals surface area contributed by atoms with Crippen molar-refractivity contribution in [2.45, 2.75) is 25.3 Å². The number of carbonyl (C=O) groups excluding carboxylic acids is 1.